The molecule has 0 atom stereocenters. The number of carbonyl (C=O) groups excluding carboxylic acids is 1. The average Bonchev–Trinajstić information content (AvgIpc) is 2.38. The zero-order valence-electron chi connectivity index (χ0n) is 11.9. The number of hydrogen-bond donors (Lipinski definition) is 2. The quantitative estimate of drug-likeness (QED) is 0.893. The van der Waals surface area contributed by atoms with Crippen molar-refractivity contribution in [2.45, 2.75) is 19.4 Å². The summed E-state index contributed by atoms with van der Waals surface area (Å²) in [7, 11) is 1.61. The number of methoxy groups -OCH3 is 1. The Morgan fingerprint density at radius 3 is 2.65 bits per heavy atom. The van der Waals surface area contributed by atoms with Crippen LogP contribution in [0.1, 0.15) is 24.2 Å². The molecule has 5 heteroatoms. The Labute approximate surface area is 118 Å². The molecule has 0 saturated carbocycles. The first kappa shape index (κ1) is 14.3. The zero-order valence-corrected chi connectivity index (χ0v) is 11.9. The highest BCUT2D eigenvalue weighted by Crippen LogP contribution is 2.22. The van der Waals surface area contributed by atoms with E-state index in [9.17, 15) is 4.79 Å². The molecule has 106 valence electrons. The second-order valence-electron chi connectivity index (χ2n) is 5.37. The number of pyridine rings is 1. The van der Waals surface area contributed by atoms with E-state index < -0.39 is 5.54 Å². The maximum atomic E-state index is 12.4. The van der Waals surface area contributed by atoms with Crippen molar-refractivity contribution in [3.8, 4) is 0 Å². The third-order valence-electron chi connectivity index (χ3n) is 3.03. The standard InChI is InChI=1S/C15H19N3O2/c1-15(2,9-20-3)18-14(19)12-8-17-13(16)11-7-5-4-6-10(11)12/h4-8H,9H2,1-3H3,(H2,16,17)(H,18,19). The summed E-state index contributed by atoms with van der Waals surface area (Å²) >= 11 is 0. The number of carbonyl (C=O) groups is 1. The molecule has 0 unspecified atom stereocenters. The highest BCUT2D eigenvalue weighted by atomic mass is 16.5. The number of nitrogens with one attached hydrogen (secondary N) is 1. The first-order chi connectivity index (χ1) is 9.44. The minimum atomic E-state index is -0.450. The summed E-state index contributed by atoms with van der Waals surface area (Å²) in [5, 5.41) is 4.52. The van der Waals surface area contributed by atoms with E-state index in [1.807, 2.05) is 38.1 Å². The normalized spacial score (nSPS) is 11.6. The van der Waals surface area contributed by atoms with E-state index in [0.717, 1.165) is 10.8 Å². The van der Waals surface area contributed by atoms with Gasteiger partial charge >= 0.3 is 0 Å². The van der Waals surface area contributed by atoms with Gasteiger partial charge in [0.15, 0.2) is 0 Å². The second kappa shape index (κ2) is 5.46. The van der Waals surface area contributed by atoms with Gasteiger partial charge in [-0.1, -0.05) is 24.3 Å². The van der Waals surface area contributed by atoms with Gasteiger partial charge in [-0.05, 0) is 19.2 Å². The molecule has 0 aliphatic carbocycles. The molecule has 1 aromatic carbocycles. The highest BCUT2D eigenvalue weighted by Gasteiger charge is 2.22. The van der Waals surface area contributed by atoms with Crippen LogP contribution in [-0.4, -0.2) is 30.1 Å². The molecule has 0 aliphatic heterocycles. The van der Waals surface area contributed by atoms with Crippen molar-refractivity contribution in [1.82, 2.24) is 10.3 Å². The Balaban J connectivity index is 2.38. The Kier molecular flexibility index (Phi) is 3.90. The molecular formula is C15H19N3O2. The van der Waals surface area contributed by atoms with Crippen LogP contribution in [0.4, 0.5) is 5.82 Å². The number of fused-ring (bicyclic) bond motifs is 1. The minimum Gasteiger partial charge on any atom is -0.383 e. The molecule has 0 fully saturated rings. The highest BCUT2D eigenvalue weighted by molar-refractivity contribution is 6.09. The van der Waals surface area contributed by atoms with E-state index in [-0.39, 0.29) is 5.91 Å². The van der Waals surface area contributed by atoms with Crippen LogP contribution in [0.3, 0.4) is 0 Å². The van der Waals surface area contributed by atoms with Crippen LogP contribution < -0.4 is 11.1 Å². The Morgan fingerprint density at radius 1 is 1.35 bits per heavy atom. The van der Waals surface area contributed by atoms with Crippen LogP contribution in [0, 0.1) is 0 Å². The van der Waals surface area contributed by atoms with Crippen LogP contribution in [0.15, 0.2) is 30.5 Å². The van der Waals surface area contributed by atoms with Gasteiger partial charge in [-0.15, -0.1) is 0 Å². The van der Waals surface area contributed by atoms with Crippen LogP contribution in [0.5, 0.6) is 0 Å². The van der Waals surface area contributed by atoms with Gasteiger partial charge in [0.05, 0.1) is 17.7 Å². The van der Waals surface area contributed by atoms with E-state index in [0.29, 0.717) is 18.0 Å². The molecule has 1 aromatic heterocycles. The maximum Gasteiger partial charge on any atom is 0.253 e. The summed E-state index contributed by atoms with van der Waals surface area (Å²) in [5.41, 5.74) is 5.90. The van der Waals surface area contributed by atoms with Crippen molar-refractivity contribution >= 4 is 22.5 Å². The largest absolute Gasteiger partial charge is 0.383 e. The van der Waals surface area contributed by atoms with E-state index in [1.54, 1.807) is 7.11 Å². The number of hydrogen-bond acceptors (Lipinski definition) is 4. The van der Waals surface area contributed by atoms with Crippen molar-refractivity contribution in [3.63, 3.8) is 0 Å². The van der Waals surface area contributed by atoms with Gasteiger partial charge in [0.2, 0.25) is 0 Å². The monoisotopic (exact) mass is 273 g/mol. The molecule has 2 rings (SSSR count). The van der Waals surface area contributed by atoms with Crippen LogP contribution in [0.25, 0.3) is 10.8 Å². The van der Waals surface area contributed by atoms with E-state index >= 15 is 0 Å². The number of nitrogen functional groups attached to an aromatic ring is 1. The van der Waals surface area contributed by atoms with E-state index in [4.69, 9.17) is 10.5 Å². The minimum absolute atomic E-state index is 0.184. The first-order valence-electron chi connectivity index (χ1n) is 6.39. The SMILES string of the molecule is COCC(C)(C)NC(=O)c1cnc(N)c2ccccc12. The van der Waals surface area contributed by atoms with Gasteiger partial charge < -0.3 is 15.8 Å². The van der Waals surface area contributed by atoms with Crippen molar-refractivity contribution in [2.24, 2.45) is 0 Å². The lowest BCUT2D eigenvalue weighted by Crippen LogP contribution is -2.46. The number of benzene rings is 1. The van der Waals surface area contributed by atoms with E-state index in [1.165, 1.54) is 6.20 Å². The lowest BCUT2D eigenvalue weighted by molar-refractivity contribution is 0.0821. The lowest BCUT2D eigenvalue weighted by atomic mass is 10.0. The maximum absolute atomic E-state index is 12.4. The molecule has 0 aliphatic rings. The van der Waals surface area contributed by atoms with Crippen molar-refractivity contribution in [1.29, 1.82) is 0 Å². The van der Waals surface area contributed by atoms with E-state index in [2.05, 4.69) is 10.3 Å². The van der Waals surface area contributed by atoms with Crippen molar-refractivity contribution < 1.29 is 9.53 Å². The van der Waals surface area contributed by atoms with Crippen molar-refractivity contribution in [2.75, 3.05) is 19.5 Å². The van der Waals surface area contributed by atoms with Gasteiger partial charge in [-0.2, -0.15) is 0 Å². The molecule has 3 N–H and O–H groups in total. The Bertz CT molecular complexity index is 638. The lowest BCUT2D eigenvalue weighted by Gasteiger charge is -2.25. The number of nitrogens with zero attached hydrogens (tertiary/aromatic N) is 1. The second-order valence-corrected chi connectivity index (χ2v) is 5.37. The summed E-state index contributed by atoms with van der Waals surface area (Å²) in [6.07, 6.45) is 1.51. The molecule has 5 nitrogen and oxygen atoms in total. The molecule has 0 saturated heterocycles. The van der Waals surface area contributed by atoms with Gasteiger partial charge in [-0.3, -0.25) is 4.79 Å². The molecule has 0 bridgehead atoms. The Hall–Kier alpha value is -2.14. The molecule has 0 radical (unpaired) electrons. The van der Waals surface area contributed by atoms with Gasteiger partial charge in [0.25, 0.3) is 5.91 Å². The summed E-state index contributed by atoms with van der Waals surface area (Å²) < 4.78 is 5.10. The number of anilines is 1. The fourth-order valence-electron chi connectivity index (χ4n) is 2.17. The van der Waals surface area contributed by atoms with Gasteiger partial charge in [0, 0.05) is 18.7 Å². The summed E-state index contributed by atoms with van der Waals surface area (Å²) in [4.78, 5) is 16.5. The fraction of sp³-hybridized carbons (Fsp3) is 0.333. The molecule has 2 aromatic rings. The van der Waals surface area contributed by atoms with Crippen LogP contribution in [-0.2, 0) is 4.74 Å². The number of rotatable bonds is 4. The third-order valence-corrected chi connectivity index (χ3v) is 3.03. The topological polar surface area (TPSA) is 77.2 Å². The number of amides is 1. The average molecular weight is 273 g/mol. The van der Waals surface area contributed by atoms with Gasteiger partial charge in [0.1, 0.15) is 5.82 Å². The predicted molar refractivity (Wildman–Crippen MR) is 79.6 cm³/mol. The first-order valence-corrected chi connectivity index (χ1v) is 6.39. The molecule has 1 heterocycles. The zero-order chi connectivity index (χ0) is 14.8. The predicted octanol–water partition coefficient (Wildman–Crippen LogP) is 1.97. The smallest absolute Gasteiger partial charge is 0.253 e. The molecule has 20 heavy (non-hydrogen) atoms. The fourth-order valence-corrected chi connectivity index (χ4v) is 2.17. The Morgan fingerprint density at radius 2 is 2.00 bits per heavy atom. The third kappa shape index (κ3) is 2.88. The number of ether oxygens (including phenoxy) is 1. The number of aromatic nitrogens is 1. The number of nitrogens with two attached hydrogens (primary N) is 1. The van der Waals surface area contributed by atoms with Crippen molar-refractivity contribution in [3.05, 3.63) is 36.0 Å². The summed E-state index contributed by atoms with van der Waals surface area (Å²) in [5.74, 6) is 0.240. The molecule has 0 spiro atoms. The molecule has 1 amide bonds. The van der Waals surface area contributed by atoms with Crippen LogP contribution >= 0.6 is 0 Å². The summed E-state index contributed by atoms with van der Waals surface area (Å²) in [6.45, 7) is 4.24. The van der Waals surface area contributed by atoms with Crippen LogP contribution in [0.2, 0.25) is 0 Å². The summed E-state index contributed by atoms with van der Waals surface area (Å²) in [6, 6.07) is 7.47. The molecular weight excluding hydrogens is 254 g/mol. The van der Waals surface area contributed by atoms with Gasteiger partial charge in [-0.25, -0.2) is 4.98 Å².